The number of fused-ring (bicyclic) bond motifs is 2. The summed E-state index contributed by atoms with van der Waals surface area (Å²) in [5.74, 6) is -1.62. The Kier molecular flexibility index (Phi) is 19.3. The SMILES string of the molecule is CCc1cc(Cl)c(N=Nc2c(O)c(C(=O)Nc3cccc(OC)c3)cc3ccccc23)c(S(=O)(=O)O)c1.CCc1cc(Cl)c(N=Nc2c([O-])c(C([O-])=Nc3cccc(OC)c3)cc3ccccc23)c(S(=O)(=O)O)c1.[Ba+2]. The molecule has 380 valence electrons. The fraction of sp³-hybridized carbons (Fsp3) is 0.115. The van der Waals surface area contributed by atoms with E-state index in [9.17, 15) is 46.1 Å². The Bertz CT molecular complexity index is 3830. The summed E-state index contributed by atoms with van der Waals surface area (Å²) in [6.45, 7) is 3.59. The van der Waals surface area contributed by atoms with Gasteiger partial charge < -0.3 is 30.1 Å². The number of benzene rings is 8. The summed E-state index contributed by atoms with van der Waals surface area (Å²) >= 11 is 12.5. The molecule has 0 aliphatic rings. The smallest absolute Gasteiger partial charge is 0.871 e. The van der Waals surface area contributed by atoms with Crippen LogP contribution in [0.5, 0.6) is 23.0 Å². The number of phenols is 1. The number of ether oxygens (including phenoxy) is 2. The van der Waals surface area contributed by atoms with Crippen molar-refractivity contribution in [1.29, 1.82) is 0 Å². The molecule has 0 aliphatic carbocycles. The van der Waals surface area contributed by atoms with Crippen molar-refractivity contribution in [1.82, 2.24) is 0 Å². The van der Waals surface area contributed by atoms with Crippen molar-refractivity contribution < 1.29 is 55.5 Å². The number of aromatic hydroxyl groups is 1. The van der Waals surface area contributed by atoms with E-state index in [0.717, 1.165) is 0 Å². The summed E-state index contributed by atoms with van der Waals surface area (Å²) < 4.78 is 77.8. The average Bonchev–Trinajstić information content (AvgIpc) is 3.37. The molecule has 0 saturated heterocycles. The predicted molar refractivity (Wildman–Crippen MR) is 285 cm³/mol. The number of carbonyl (C=O) groups excluding carboxylic acids is 1. The molecule has 0 radical (unpaired) electrons. The van der Waals surface area contributed by atoms with Crippen molar-refractivity contribution >= 4 is 160 Å². The van der Waals surface area contributed by atoms with Gasteiger partial charge in [0.15, 0.2) is 5.75 Å². The van der Waals surface area contributed by atoms with Crippen LogP contribution in [0.1, 0.15) is 40.9 Å². The van der Waals surface area contributed by atoms with E-state index < -0.39 is 53.3 Å². The number of rotatable bonds is 14. The zero-order chi connectivity index (χ0) is 53.5. The summed E-state index contributed by atoms with van der Waals surface area (Å²) in [6.07, 6.45) is 0.922. The van der Waals surface area contributed by atoms with Crippen molar-refractivity contribution in [2.24, 2.45) is 25.4 Å². The molecule has 8 rings (SSSR count). The summed E-state index contributed by atoms with van der Waals surface area (Å²) in [5, 5.41) is 57.9. The maximum absolute atomic E-state index is 13.4. The molecule has 75 heavy (non-hydrogen) atoms. The monoisotopic (exact) mass is 1210 g/mol. The molecule has 0 spiro atoms. The molecule has 8 aromatic carbocycles. The van der Waals surface area contributed by atoms with Crippen LogP contribution in [0.2, 0.25) is 10.0 Å². The van der Waals surface area contributed by atoms with Gasteiger partial charge in [-0.3, -0.25) is 18.9 Å². The summed E-state index contributed by atoms with van der Waals surface area (Å²) in [6, 6.07) is 35.2. The molecule has 0 bridgehead atoms. The number of carbonyl (C=O) groups is 1. The third kappa shape index (κ3) is 13.7. The second-order valence-corrected chi connectivity index (χ2v) is 19.5. The fourth-order valence-electron chi connectivity index (χ4n) is 7.37. The number of amides is 1. The van der Waals surface area contributed by atoms with Crippen LogP contribution in [0.3, 0.4) is 0 Å². The van der Waals surface area contributed by atoms with E-state index in [1.54, 1.807) is 111 Å². The Morgan fingerprint density at radius 2 is 1.08 bits per heavy atom. The maximum Gasteiger partial charge on any atom is 2.00 e. The molecular weight excluding hydrogens is 1170 g/mol. The van der Waals surface area contributed by atoms with Gasteiger partial charge in [0.05, 0.1) is 41.2 Å². The van der Waals surface area contributed by atoms with Crippen LogP contribution in [0, 0.1) is 0 Å². The number of aryl methyl sites for hydroxylation is 2. The first-order valence-electron chi connectivity index (χ1n) is 22.0. The van der Waals surface area contributed by atoms with E-state index in [1.807, 2.05) is 0 Å². The summed E-state index contributed by atoms with van der Waals surface area (Å²) in [7, 11) is -6.40. The zero-order valence-electron chi connectivity index (χ0n) is 40.1. The molecule has 0 aliphatic heterocycles. The van der Waals surface area contributed by atoms with Gasteiger partial charge >= 0.3 is 48.9 Å². The molecule has 0 aromatic heterocycles. The molecule has 0 saturated carbocycles. The first kappa shape index (κ1) is 57.9. The molecule has 0 fully saturated rings. The van der Waals surface area contributed by atoms with Crippen LogP contribution >= 0.6 is 23.2 Å². The predicted octanol–water partition coefficient (Wildman–Crippen LogP) is 11.5. The third-order valence-corrected chi connectivity index (χ3v) is 13.4. The molecule has 23 heteroatoms. The number of nitrogens with zero attached hydrogens (tertiary/aromatic N) is 5. The number of hydrogen-bond donors (Lipinski definition) is 4. The Morgan fingerprint density at radius 3 is 1.60 bits per heavy atom. The third-order valence-electron chi connectivity index (χ3n) is 11.1. The average molecular weight is 1220 g/mol. The van der Waals surface area contributed by atoms with E-state index in [1.165, 1.54) is 50.6 Å². The number of halogens is 2. The van der Waals surface area contributed by atoms with E-state index in [4.69, 9.17) is 32.7 Å². The normalized spacial score (nSPS) is 11.9. The second kappa shape index (κ2) is 25.0. The van der Waals surface area contributed by atoms with E-state index in [0.29, 0.717) is 68.4 Å². The van der Waals surface area contributed by atoms with Gasteiger partial charge in [0.25, 0.3) is 26.1 Å². The van der Waals surface area contributed by atoms with E-state index >= 15 is 0 Å². The number of azo groups is 2. The van der Waals surface area contributed by atoms with Crippen LogP contribution < -0.4 is 25.0 Å². The molecule has 8 aromatic rings. The largest absolute Gasteiger partial charge is 2.00 e. The second-order valence-electron chi connectivity index (χ2n) is 15.9. The molecule has 18 nitrogen and oxygen atoms in total. The van der Waals surface area contributed by atoms with Crippen LogP contribution in [0.25, 0.3) is 21.5 Å². The molecule has 0 heterocycles. The molecule has 4 N–H and O–H groups in total. The summed E-state index contributed by atoms with van der Waals surface area (Å²) in [4.78, 5) is 16.1. The topological polar surface area (TPSA) is 284 Å². The molecule has 1 amide bonds. The van der Waals surface area contributed by atoms with Crippen molar-refractivity contribution in [3.05, 3.63) is 166 Å². The van der Waals surface area contributed by atoms with Crippen LogP contribution in [-0.2, 0) is 33.1 Å². The number of anilines is 1. The van der Waals surface area contributed by atoms with Crippen molar-refractivity contribution in [3.63, 3.8) is 0 Å². The van der Waals surface area contributed by atoms with Crippen molar-refractivity contribution in [2.75, 3.05) is 19.5 Å². The van der Waals surface area contributed by atoms with Gasteiger partial charge in [0, 0.05) is 28.6 Å². The van der Waals surface area contributed by atoms with Gasteiger partial charge in [0.1, 0.15) is 38.4 Å². The van der Waals surface area contributed by atoms with Crippen molar-refractivity contribution in [3.8, 4) is 23.0 Å². The Labute approximate surface area is 481 Å². The molecular formula is C52H42BaCl2N6O12S2. The maximum atomic E-state index is 13.4. The number of nitrogens with one attached hydrogen (secondary N) is 1. The Morgan fingerprint density at radius 1 is 0.613 bits per heavy atom. The standard InChI is InChI=1S/2C26H22ClN3O6S.Ba/c2*1-3-15-11-21(27)24(22(12-15)37(33,34)35)30-29-23-19-10-5-4-7-16(19)13-20(25(23)31)26(32)28-17-8-6-9-18(14-17)36-2;/h2*4-14,31H,3H2,1-2H3,(H,28,32)(H,33,34,35);/q;;+2/p-2. The van der Waals surface area contributed by atoms with Gasteiger partial charge in [-0.2, -0.15) is 21.9 Å². The number of hydrogen-bond acceptors (Lipinski definition) is 15. The minimum Gasteiger partial charge on any atom is -0.871 e. The molecule has 0 unspecified atom stereocenters. The number of phenolic OH excluding ortho intramolecular Hbond substituents is 1. The van der Waals surface area contributed by atoms with Gasteiger partial charge in [-0.15, -0.1) is 15.3 Å². The molecule has 0 atom stereocenters. The van der Waals surface area contributed by atoms with Crippen molar-refractivity contribution in [2.45, 2.75) is 36.5 Å². The van der Waals surface area contributed by atoms with Gasteiger partial charge in [0.2, 0.25) is 0 Å². The zero-order valence-corrected chi connectivity index (χ0v) is 47.7. The van der Waals surface area contributed by atoms with Crippen LogP contribution in [0.15, 0.2) is 169 Å². The van der Waals surface area contributed by atoms with Gasteiger partial charge in [-0.25, -0.2) is 0 Å². The first-order chi connectivity index (χ1) is 35.2. The Hall–Kier alpha value is -6.41. The summed E-state index contributed by atoms with van der Waals surface area (Å²) in [5.41, 5.74) is 0.611. The first-order valence-corrected chi connectivity index (χ1v) is 25.6. The van der Waals surface area contributed by atoms with Gasteiger partial charge in [-0.05, 0) is 107 Å². The number of aliphatic imine (C=N–C) groups is 1. The number of methoxy groups -OCH3 is 2. The quantitative estimate of drug-likeness (QED) is 0.0260. The minimum atomic E-state index is -4.70. The van der Waals surface area contributed by atoms with Crippen LogP contribution in [0.4, 0.5) is 34.1 Å². The fourth-order valence-corrected chi connectivity index (χ4v) is 9.43. The Balaban J connectivity index is 0.000000241. The van der Waals surface area contributed by atoms with Crippen LogP contribution in [-0.4, -0.2) is 106 Å². The van der Waals surface area contributed by atoms with Gasteiger partial charge in [-0.1, -0.05) is 103 Å². The van der Waals surface area contributed by atoms with E-state index in [-0.39, 0.29) is 92.8 Å². The van der Waals surface area contributed by atoms with E-state index in [2.05, 4.69) is 30.8 Å². The minimum absolute atomic E-state index is 0.